The molecule has 0 bridgehead atoms. The molecule has 0 aliphatic carbocycles. The van der Waals surface area contributed by atoms with Gasteiger partial charge >= 0.3 is 0 Å². The maximum Gasteiger partial charge on any atom is 0.269 e. The molecule has 1 aliphatic heterocycles. The summed E-state index contributed by atoms with van der Waals surface area (Å²) < 4.78 is 0. The summed E-state index contributed by atoms with van der Waals surface area (Å²) in [6.07, 6.45) is 0.999. The molecule has 5 nitrogen and oxygen atoms in total. The highest BCUT2D eigenvalue weighted by molar-refractivity contribution is 5.39. The molecule has 0 spiro atoms. The molecule has 1 atom stereocenters. The Hall–Kier alpha value is -1.46. The third kappa shape index (κ3) is 3.16. The van der Waals surface area contributed by atoms with E-state index >= 15 is 0 Å². The number of non-ortho nitro benzene ring substituents is 1. The van der Waals surface area contributed by atoms with Gasteiger partial charge in [0.05, 0.1) is 4.92 Å². The minimum absolute atomic E-state index is 0.118. The number of nitrogens with zero attached hydrogens (tertiary/aromatic N) is 2. The smallest absolute Gasteiger partial charge is 0.269 e. The summed E-state index contributed by atoms with van der Waals surface area (Å²) in [6.45, 7) is 9.12. The first kappa shape index (κ1) is 14.9. The SMILES string of the molecule is Cc1cc([N+](=O)[O-])ccc1CN1CCC(N)C(C)(C)C1. The van der Waals surface area contributed by atoms with Gasteiger partial charge < -0.3 is 5.73 Å². The van der Waals surface area contributed by atoms with E-state index in [9.17, 15) is 10.1 Å². The van der Waals surface area contributed by atoms with Gasteiger partial charge in [0, 0.05) is 37.8 Å². The summed E-state index contributed by atoms with van der Waals surface area (Å²) in [5.41, 5.74) is 8.56. The van der Waals surface area contributed by atoms with Gasteiger partial charge in [0.1, 0.15) is 0 Å². The van der Waals surface area contributed by atoms with Gasteiger partial charge in [-0.15, -0.1) is 0 Å². The van der Waals surface area contributed by atoms with Gasteiger partial charge in [-0.25, -0.2) is 0 Å². The molecule has 2 rings (SSSR count). The maximum atomic E-state index is 10.8. The van der Waals surface area contributed by atoms with Gasteiger partial charge in [0.25, 0.3) is 5.69 Å². The molecule has 1 saturated heterocycles. The molecular weight excluding hydrogens is 254 g/mol. The van der Waals surface area contributed by atoms with E-state index in [0.29, 0.717) is 0 Å². The second kappa shape index (κ2) is 5.50. The fourth-order valence-corrected chi connectivity index (χ4v) is 2.83. The lowest BCUT2D eigenvalue weighted by Crippen LogP contribution is -2.52. The number of aryl methyl sites for hydroxylation is 1. The summed E-state index contributed by atoms with van der Waals surface area (Å²) in [4.78, 5) is 12.8. The van der Waals surface area contributed by atoms with Gasteiger partial charge in [0.15, 0.2) is 0 Å². The lowest BCUT2D eigenvalue weighted by molar-refractivity contribution is -0.384. The second-order valence-corrected chi connectivity index (χ2v) is 6.46. The quantitative estimate of drug-likeness (QED) is 0.680. The highest BCUT2D eigenvalue weighted by Crippen LogP contribution is 2.29. The van der Waals surface area contributed by atoms with Crippen LogP contribution in [0.5, 0.6) is 0 Å². The zero-order chi connectivity index (χ0) is 14.9. The van der Waals surface area contributed by atoms with E-state index in [1.54, 1.807) is 12.1 Å². The third-order valence-electron chi connectivity index (χ3n) is 4.32. The number of nitrogens with two attached hydrogens (primary N) is 1. The molecule has 1 unspecified atom stereocenters. The van der Waals surface area contributed by atoms with Crippen LogP contribution in [0.25, 0.3) is 0 Å². The average Bonchev–Trinajstić information content (AvgIpc) is 2.35. The first-order valence-corrected chi connectivity index (χ1v) is 7.01. The standard InChI is InChI=1S/C15H23N3O2/c1-11-8-13(18(19)20)5-4-12(11)9-17-7-6-14(16)15(2,3)10-17/h4-5,8,14H,6-7,9-10,16H2,1-3H3. The number of piperidine rings is 1. The number of nitro benzene ring substituents is 1. The molecule has 1 aromatic rings. The van der Waals surface area contributed by atoms with E-state index in [4.69, 9.17) is 5.73 Å². The van der Waals surface area contributed by atoms with E-state index in [2.05, 4.69) is 18.7 Å². The monoisotopic (exact) mass is 277 g/mol. The lowest BCUT2D eigenvalue weighted by atomic mass is 9.79. The van der Waals surface area contributed by atoms with Gasteiger partial charge in [-0.05, 0) is 29.9 Å². The molecule has 1 aromatic carbocycles. The Kier molecular flexibility index (Phi) is 4.11. The molecule has 0 radical (unpaired) electrons. The number of hydrogen-bond donors (Lipinski definition) is 1. The molecule has 1 aliphatic rings. The van der Waals surface area contributed by atoms with Gasteiger partial charge in [0.2, 0.25) is 0 Å². The first-order valence-electron chi connectivity index (χ1n) is 7.01. The van der Waals surface area contributed by atoms with Crippen LogP contribution in [-0.2, 0) is 6.54 Å². The van der Waals surface area contributed by atoms with Crippen LogP contribution in [0.3, 0.4) is 0 Å². The minimum Gasteiger partial charge on any atom is -0.327 e. The maximum absolute atomic E-state index is 10.8. The van der Waals surface area contributed by atoms with Crippen molar-refractivity contribution in [3.8, 4) is 0 Å². The predicted octanol–water partition coefficient (Wildman–Crippen LogP) is 2.46. The fourth-order valence-electron chi connectivity index (χ4n) is 2.83. The molecule has 1 heterocycles. The fraction of sp³-hybridized carbons (Fsp3) is 0.600. The van der Waals surface area contributed by atoms with Crippen molar-refractivity contribution in [2.75, 3.05) is 13.1 Å². The lowest BCUT2D eigenvalue weighted by Gasteiger charge is -2.42. The second-order valence-electron chi connectivity index (χ2n) is 6.46. The Labute approximate surface area is 119 Å². The van der Waals surface area contributed by atoms with Crippen LogP contribution in [0.15, 0.2) is 18.2 Å². The average molecular weight is 277 g/mol. The number of nitro groups is 1. The topological polar surface area (TPSA) is 72.4 Å². The van der Waals surface area contributed by atoms with Crippen molar-refractivity contribution >= 4 is 5.69 Å². The van der Waals surface area contributed by atoms with Crippen LogP contribution >= 0.6 is 0 Å². The van der Waals surface area contributed by atoms with E-state index in [1.165, 1.54) is 0 Å². The Morgan fingerprint density at radius 3 is 2.75 bits per heavy atom. The van der Waals surface area contributed by atoms with Crippen LogP contribution in [0.1, 0.15) is 31.4 Å². The Balaban J connectivity index is 2.09. The molecule has 0 aromatic heterocycles. The molecule has 0 saturated carbocycles. The minimum atomic E-state index is -0.347. The highest BCUT2D eigenvalue weighted by Gasteiger charge is 2.33. The number of rotatable bonds is 3. The van der Waals surface area contributed by atoms with Crippen LogP contribution in [-0.4, -0.2) is 29.0 Å². The summed E-state index contributed by atoms with van der Waals surface area (Å²) >= 11 is 0. The Morgan fingerprint density at radius 1 is 1.50 bits per heavy atom. The van der Waals surface area contributed by atoms with E-state index in [0.717, 1.165) is 37.2 Å². The Bertz CT molecular complexity index is 514. The van der Waals surface area contributed by atoms with Crippen molar-refractivity contribution in [1.29, 1.82) is 0 Å². The summed E-state index contributed by atoms with van der Waals surface area (Å²) in [5.74, 6) is 0. The number of hydrogen-bond acceptors (Lipinski definition) is 4. The largest absolute Gasteiger partial charge is 0.327 e. The van der Waals surface area contributed by atoms with Crippen LogP contribution in [0.4, 0.5) is 5.69 Å². The van der Waals surface area contributed by atoms with Gasteiger partial charge in [-0.1, -0.05) is 19.9 Å². The van der Waals surface area contributed by atoms with Crippen molar-refractivity contribution in [2.45, 2.75) is 39.8 Å². The van der Waals surface area contributed by atoms with Crippen molar-refractivity contribution < 1.29 is 4.92 Å². The van der Waals surface area contributed by atoms with Crippen LogP contribution in [0, 0.1) is 22.5 Å². The summed E-state index contributed by atoms with van der Waals surface area (Å²) in [6, 6.07) is 5.35. The van der Waals surface area contributed by atoms with Crippen molar-refractivity contribution in [3.63, 3.8) is 0 Å². The molecule has 20 heavy (non-hydrogen) atoms. The first-order chi connectivity index (χ1) is 9.29. The molecule has 0 amide bonds. The molecule has 5 heteroatoms. The van der Waals surface area contributed by atoms with Gasteiger partial charge in [-0.3, -0.25) is 15.0 Å². The molecule has 2 N–H and O–H groups in total. The molecule has 1 fully saturated rings. The molecule has 110 valence electrons. The zero-order valence-corrected chi connectivity index (χ0v) is 12.4. The number of likely N-dealkylation sites (tertiary alicyclic amines) is 1. The predicted molar refractivity (Wildman–Crippen MR) is 79.5 cm³/mol. The summed E-state index contributed by atoms with van der Waals surface area (Å²) in [7, 11) is 0. The normalized spacial score (nSPS) is 22.7. The van der Waals surface area contributed by atoms with Crippen LogP contribution in [0.2, 0.25) is 0 Å². The van der Waals surface area contributed by atoms with E-state index < -0.39 is 0 Å². The molecular formula is C15H23N3O2. The highest BCUT2D eigenvalue weighted by atomic mass is 16.6. The van der Waals surface area contributed by atoms with Crippen molar-refractivity contribution in [2.24, 2.45) is 11.1 Å². The summed E-state index contributed by atoms with van der Waals surface area (Å²) in [5, 5.41) is 10.8. The van der Waals surface area contributed by atoms with E-state index in [1.807, 2.05) is 13.0 Å². The van der Waals surface area contributed by atoms with E-state index in [-0.39, 0.29) is 22.1 Å². The van der Waals surface area contributed by atoms with Crippen molar-refractivity contribution in [1.82, 2.24) is 4.90 Å². The van der Waals surface area contributed by atoms with Crippen LogP contribution < -0.4 is 5.73 Å². The third-order valence-corrected chi connectivity index (χ3v) is 4.32. The van der Waals surface area contributed by atoms with Gasteiger partial charge in [-0.2, -0.15) is 0 Å². The van der Waals surface area contributed by atoms with Crippen molar-refractivity contribution in [3.05, 3.63) is 39.4 Å². The Morgan fingerprint density at radius 2 is 2.20 bits per heavy atom. The zero-order valence-electron chi connectivity index (χ0n) is 12.4. The number of benzene rings is 1.